The third kappa shape index (κ3) is 5.79. The van der Waals surface area contributed by atoms with Crippen molar-refractivity contribution in [1.82, 2.24) is 9.97 Å². The number of ether oxygens (including phenoxy) is 2. The van der Waals surface area contributed by atoms with Crippen LogP contribution < -0.4 is 4.74 Å². The van der Waals surface area contributed by atoms with E-state index in [0.717, 1.165) is 66.6 Å². The summed E-state index contributed by atoms with van der Waals surface area (Å²) in [6.07, 6.45) is 10.3. The van der Waals surface area contributed by atoms with Crippen LogP contribution in [0.25, 0.3) is 6.08 Å². The smallest absolute Gasteiger partial charge is 0.147 e. The number of allylic oxidation sites excluding steroid dienone is 1. The van der Waals surface area contributed by atoms with Crippen LogP contribution >= 0.6 is 0 Å². The van der Waals surface area contributed by atoms with Crippen molar-refractivity contribution in [3.63, 3.8) is 0 Å². The molecule has 0 spiro atoms. The topological polar surface area (TPSA) is 62.4 Å². The van der Waals surface area contributed by atoms with Gasteiger partial charge in [-0.05, 0) is 75.1 Å². The Morgan fingerprint density at radius 1 is 0.935 bits per heavy atom. The molecule has 2 N–H and O–H groups in total. The normalized spacial score (nSPS) is 14.5. The highest BCUT2D eigenvalue weighted by molar-refractivity contribution is 6.11. The SMILES string of the molecule is CCOC1=CC(c2ccc[nH]2)=NC1=Cc1ccc(CCCCCOc2ccccc2)[nH]1. The van der Waals surface area contributed by atoms with Gasteiger partial charge in [-0.15, -0.1) is 0 Å². The average molecular weight is 416 g/mol. The van der Waals surface area contributed by atoms with Crippen LogP contribution in [-0.2, 0) is 11.2 Å². The molecule has 0 bridgehead atoms. The fraction of sp³-hybridized carbons (Fsp3) is 0.269. The summed E-state index contributed by atoms with van der Waals surface area (Å²) in [6, 6.07) is 18.2. The van der Waals surface area contributed by atoms with Gasteiger partial charge in [-0.3, -0.25) is 0 Å². The van der Waals surface area contributed by atoms with E-state index in [4.69, 9.17) is 14.5 Å². The summed E-state index contributed by atoms with van der Waals surface area (Å²) >= 11 is 0. The molecular weight excluding hydrogens is 386 g/mol. The molecule has 5 heteroatoms. The lowest BCUT2D eigenvalue weighted by Crippen LogP contribution is -1.97. The molecule has 3 aromatic rings. The molecule has 2 aromatic heterocycles. The summed E-state index contributed by atoms with van der Waals surface area (Å²) in [7, 11) is 0. The maximum absolute atomic E-state index is 5.80. The van der Waals surface area contributed by atoms with Gasteiger partial charge in [0.2, 0.25) is 0 Å². The molecule has 0 atom stereocenters. The minimum absolute atomic E-state index is 0.612. The summed E-state index contributed by atoms with van der Waals surface area (Å²) in [6.45, 7) is 3.36. The third-order valence-corrected chi connectivity index (χ3v) is 5.10. The Labute approximate surface area is 183 Å². The largest absolute Gasteiger partial charge is 0.494 e. The van der Waals surface area contributed by atoms with Crippen LogP contribution in [0.3, 0.4) is 0 Å². The van der Waals surface area contributed by atoms with Crippen LogP contribution in [0.1, 0.15) is 43.3 Å². The molecule has 31 heavy (non-hydrogen) atoms. The molecule has 160 valence electrons. The molecule has 0 saturated carbocycles. The first-order valence-electron chi connectivity index (χ1n) is 11.0. The van der Waals surface area contributed by atoms with Gasteiger partial charge in [-0.2, -0.15) is 0 Å². The number of hydrogen-bond donors (Lipinski definition) is 2. The van der Waals surface area contributed by atoms with E-state index in [9.17, 15) is 0 Å². The molecule has 0 radical (unpaired) electrons. The Balaban J connectivity index is 1.28. The molecule has 1 aromatic carbocycles. The van der Waals surface area contributed by atoms with Gasteiger partial charge in [0.25, 0.3) is 0 Å². The number of unbranched alkanes of at least 4 members (excludes halogenated alkanes) is 2. The van der Waals surface area contributed by atoms with Crippen molar-refractivity contribution < 1.29 is 9.47 Å². The van der Waals surface area contributed by atoms with Gasteiger partial charge in [0.15, 0.2) is 0 Å². The van der Waals surface area contributed by atoms with E-state index in [0.29, 0.717) is 6.61 Å². The Morgan fingerprint density at radius 2 is 1.84 bits per heavy atom. The summed E-state index contributed by atoms with van der Waals surface area (Å²) in [5.74, 6) is 1.75. The van der Waals surface area contributed by atoms with Crippen molar-refractivity contribution in [1.29, 1.82) is 0 Å². The maximum atomic E-state index is 5.80. The minimum Gasteiger partial charge on any atom is -0.494 e. The first kappa shape index (κ1) is 20.8. The first-order valence-corrected chi connectivity index (χ1v) is 11.0. The second-order valence-corrected chi connectivity index (χ2v) is 7.46. The van der Waals surface area contributed by atoms with Crippen LogP contribution in [0, 0.1) is 0 Å². The van der Waals surface area contributed by atoms with Gasteiger partial charge in [-0.1, -0.05) is 18.2 Å². The molecule has 0 aliphatic carbocycles. The van der Waals surface area contributed by atoms with Crippen molar-refractivity contribution in [3.05, 3.63) is 95.4 Å². The van der Waals surface area contributed by atoms with Crippen molar-refractivity contribution in [2.75, 3.05) is 13.2 Å². The van der Waals surface area contributed by atoms with Gasteiger partial charge in [0, 0.05) is 23.7 Å². The molecule has 0 fully saturated rings. The third-order valence-electron chi connectivity index (χ3n) is 5.10. The van der Waals surface area contributed by atoms with Crippen LogP contribution in [0.15, 0.2) is 83.3 Å². The number of nitrogens with zero attached hydrogens (tertiary/aromatic N) is 1. The quantitative estimate of drug-likeness (QED) is 0.383. The molecule has 0 amide bonds. The second kappa shape index (κ2) is 10.5. The molecule has 4 rings (SSSR count). The highest BCUT2D eigenvalue weighted by Crippen LogP contribution is 2.25. The standard InChI is InChI=1S/C26H29N3O2/c1-2-30-26-19-24(23-13-9-16-27-23)29-25(26)18-21-15-14-20(28-21)10-5-4-8-17-31-22-11-6-3-7-12-22/h3,6-7,9,11-16,18-19,27-28H,2,4-5,8,10,17H2,1H3. The number of aromatic nitrogens is 2. The molecule has 3 heterocycles. The van der Waals surface area contributed by atoms with Gasteiger partial charge in [-0.25, -0.2) is 4.99 Å². The number of H-pyrrole nitrogens is 2. The molecule has 0 unspecified atom stereocenters. The van der Waals surface area contributed by atoms with E-state index in [1.807, 2.05) is 61.7 Å². The molecular formula is C26H29N3O2. The van der Waals surface area contributed by atoms with Crippen molar-refractivity contribution in [2.45, 2.75) is 32.6 Å². The number of aryl methyl sites for hydroxylation is 1. The molecule has 1 aliphatic rings. The molecule has 0 saturated heterocycles. The number of aromatic amines is 2. The average Bonchev–Trinajstić information content (AvgIpc) is 3.54. The zero-order chi connectivity index (χ0) is 21.3. The van der Waals surface area contributed by atoms with Gasteiger partial charge in [0.1, 0.15) is 17.2 Å². The Kier molecular flexibility index (Phi) is 7.06. The number of nitrogens with one attached hydrogen (secondary N) is 2. The number of hydrogen-bond acceptors (Lipinski definition) is 3. The van der Waals surface area contributed by atoms with Gasteiger partial charge in [0.05, 0.1) is 24.6 Å². The maximum Gasteiger partial charge on any atom is 0.147 e. The zero-order valence-corrected chi connectivity index (χ0v) is 17.9. The van der Waals surface area contributed by atoms with E-state index in [1.54, 1.807) is 0 Å². The van der Waals surface area contributed by atoms with Crippen molar-refractivity contribution in [2.24, 2.45) is 4.99 Å². The van der Waals surface area contributed by atoms with E-state index in [1.165, 1.54) is 5.69 Å². The fourth-order valence-electron chi connectivity index (χ4n) is 3.55. The fourth-order valence-corrected chi connectivity index (χ4v) is 3.55. The predicted molar refractivity (Wildman–Crippen MR) is 125 cm³/mol. The lowest BCUT2D eigenvalue weighted by atomic mass is 10.1. The monoisotopic (exact) mass is 415 g/mol. The lowest BCUT2D eigenvalue weighted by molar-refractivity contribution is 0.239. The highest BCUT2D eigenvalue weighted by atomic mass is 16.5. The first-order chi connectivity index (χ1) is 15.3. The number of aliphatic imine (C=N–C) groups is 1. The van der Waals surface area contributed by atoms with Crippen molar-refractivity contribution >= 4 is 11.8 Å². The predicted octanol–water partition coefficient (Wildman–Crippen LogP) is 5.90. The van der Waals surface area contributed by atoms with E-state index >= 15 is 0 Å². The van der Waals surface area contributed by atoms with Crippen molar-refractivity contribution in [3.8, 4) is 5.75 Å². The summed E-state index contributed by atoms with van der Waals surface area (Å²) < 4.78 is 11.6. The van der Waals surface area contributed by atoms with E-state index < -0.39 is 0 Å². The van der Waals surface area contributed by atoms with Crippen LogP contribution in [-0.4, -0.2) is 28.9 Å². The number of benzene rings is 1. The lowest BCUT2D eigenvalue weighted by Gasteiger charge is -2.05. The Hall–Kier alpha value is -3.47. The van der Waals surface area contributed by atoms with Crippen LogP contribution in [0.2, 0.25) is 0 Å². The Morgan fingerprint density at radius 3 is 2.65 bits per heavy atom. The summed E-state index contributed by atoms with van der Waals surface area (Å²) in [4.78, 5) is 11.5. The van der Waals surface area contributed by atoms with Gasteiger partial charge >= 0.3 is 0 Å². The summed E-state index contributed by atoms with van der Waals surface area (Å²) in [5, 5.41) is 0. The van der Waals surface area contributed by atoms with E-state index in [-0.39, 0.29) is 0 Å². The zero-order valence-electron chi connectivity index (χ0n) is 17.9. The number of para-hydroxylation sites is 1. The molecule has 1 aliphatic heterocycles. The second-order valence-electron chi connectivity index (χ2n) is 7.46. The minimum atomic E-state index is 0.612. The Bertz CT molecular complexity index is 1040. The molecule has 5 nitrogen and oxygen atoms in total. The number of rotatable bonds is 11. The highest BCUT2D eigenvalue weighted by Gasteiger charge is 2.17. The summed E-state index contributed by atoms with van der Waals surface area (Å²) in [5.41, 5.74) is 5.01. The van der Waals surface area contributed by atoms with E-state index in [2.05, 4.69) is 28.2 Å². The van der Waals surface area contributed by atoms with Crippen LogP contribution in [0.5, 0.6) is 5.75 Å². The van der Waals surface area contributed by atoms with Gasteiger partial charge < -0.3 is 19.4 Å². The van der Waals surface area contributed by atoms with Crippen LogP contribution in [0.4, 0.5) is 0 Å².